The lowest BCUT2D eigenvalue weighted by Gasteiger charge is -2.28. The van der Waals surface area contributed by atoms with Gasteiger partial charge in [0, 0.05) is 29.9 Å². The molecule has 0 spiro atoms. The van der Waals surface area contributed by atoms with Gasteiger partial charge in [0.15, 0.2) is 5.65 Å². The van der Waals surface area contributed by atoms with E-state index in [0.717, 1.165) is 29.2 Å². The lowest BCUT2D eigenvalue weighted by atomic mass is 9.98. The van der Waals surface area contributed by atoms with Crippen molar-refractivity contribution in [2.75, 3.05) is 25.0 Å². The highest BCUT2D eigenvalue weighted by Gasteiger charge is 2.23. The minimum atomic E-state index is -0.590. The van der Waals surface area contributed by atoms with Gasteiger partial charge in [-0.05, 0) is 56.9 Å². The van der Waals surface area contributed by atoms with E-state index in [4.69, 9.17) is 15.7 Å². The first kappa shape index (κ1) is 25.7. The normalized spacial score (nSPS) is 13.3. The van der Waals surface area contributed by atoms with Gasteiger partial charge >= 0.3 is 0 Å². The number of amides is 1. The number of carbonyl (C=O) groups excluding carboxylic acids is 1. The number of thiophene rings is 1. The van der Waals surface area contributed by atoms with Gasteiger partial charge < -0.3 is 21.1 Å². The fraction of sp³-hybridized carbons (Fsp3) is 0.385. The summed E-state index contributed by atoms with van der Waals surface area (Å²) in [6.45, 7) is 10.1. The Bertz CT molecular complexity index is 1330. The van der Waals surface area contributed by atoms with Crippen LogP contribution in [0.15, 0.2) is 42.0 Å². The summed E-state index contributed by atoms with van der Waals surface area (Å²) in [5.41, 5.74) is 9.75. The van der Waals surface area contributed by atoms with Crippen LogP contribution in [0.25, 0.3) is 27.5 Å². The Hall–Kier alpha value is -3.34. The number of nitrogens with two attached hydrogens (primary N) is 1. The van der Waals surface area contributed by atoms with E-state index in [2.05, 4.69) is 36.1 Å². The summed E-state index contributed by atoms with van der Waals surface area (Å²) in [6, 6.07) is 7.83. The fourth-order valence-electron chi connectivity index (χ4n) is 4.41. The number of nitrogens with zero attached hydrogens (tertiary/aromatic N) is 5. The van der Waals surface area contributed by atoms with Crippen LogP contribution in [0.1, 0.15) is 43.6 Å². The van der Waals surface area contributed by atoms with E-state index in [9.17, 15) is 9.90 Å². The van der Waals surface area contributed by atoms with Crippen LogP contribution in [-0.4, -0.2) is 67.3 Å². The number of aromatic nitrogens is 4. The van der Waals surface area contributed by atoms with E-state index in [1.165, 1.54) is 0 Å². The van der Waals surface area contributed by atoms with Gasteiger partial charge in [-0.25, -0.2) is 14.5 Å². The molecule has 2 atom stereocenters. The van der Waals surface area contributed by atoms with E-state index in [1.54, 1.807) is 35.0 Å². The van der Waals surface area contributed by atoms with Gasteiger partial charge in [0.05, 0.1) is 34.1 Å². The molecule has 0 aliphatic heterocycles. The summed E-state index contributed by atoms with van der Waals surface area (Å²) in [6.07, 6.45) is 3.56. The van der Waals surface area contributed by atoms with Crippen LogP contribution in [0.5, 0.6) is 0 Å². The van der Waals surface area contributed by atoms with Crippen molar-refractivity contribution in [3.63, 3.8) is 0 Å². The molecule has 10 heteroatoms. The summed E-state index contributed by atoms with van der Waals surface area (Å²) >= 11 is 1.61. The topological polar surface area (TPSA) is 122 Å². The number of primary amides is 1. The molecule has 0 radical (unpaired) electrons. The molecule has 0 fully saturated rings. The third-order valence-corrected chi connectivity index (χ3v) is 7.20. The van der Waals surface area contributed by atoms with Crippen molar-refractivity contribution in [2.24, 2.45) is 5.73 Å². The van der Waals surface area contributed by atoms with Crippen LogP contribution in [0.3, 0.4) is 0 Å². The van der Waals surface area contributed by atoms with Gasteiger partial charge in [-0.1, -0.05) is 19.9 Å². The van der Waals surface area contributed by atoms with Crippen LogP contribution in [0.4, 0.5) is 5.82 Å². The Balaban J connectivity index is 1.84. The zero-order chi connectivity index (χ0) is 25.8. The quantitative estimate of drug-likeness (QED) is 0.283. The van der Waals surface area contributed by atoms with Crippen molar-refractivity contribution in [1.29, 1.82) is 0 Å². The van der Waals surface area contributed by atoms with Gasteiger partial charge in [-0.15, -0.1) is 11.3 Å². The van der Waals surface area contributed by atoms with Crippen molar-refractivity contribution >= 4 is 28.7 Å². The highest BCUT2D eigenvalue weighted by Crippen LogP contribution is 2.31. The molecule has 0 aromatic carbocycles. The van der Waals surface area contributed by atoms with Gasteiger partial charge in [0.2, 0.25) is 5.91 Å². The number of aliphatic hydroxyl groups is 1. The molecule has 4 N–H and O–H groups in total. The molecule has 4 aromatic rings. The number of likely N-dealkylation sites (N-methyl/N-ethyl adjacent to an activating group) is 1. The molecule has 0 aliphatic rings. The number of carbonyl (C=O) groups is 1. The number of nitrogens with one attached hydrogen (secondary N) is 1. The molecule has 4 rings (SSSR count). The number of hydrogen-bond acceptors (Lipinski definition) is 8. The van der Waals surface area contributed by atoms with E-state index in [-0.39, 0.29) is 12.6 Å². The van der Waals surface area contributed by atoms with Gasteiger partial charge in [0.1, 0.15) is 5.82 Å². The Labute approximate surface area is 215 Å². The number of hydrogen-bond donors (Lipinski definition) is 3. The van der Waals surface area contributed by atoms with Gasteiger partial charge in [-0.3, -0.25) is 4.79 Å². The number of pyridine rings is 1. The lowest BCUT2D eigenvalue weighted by Crippen LogP contribution is -2.35. The molecule has 36 heavy (non-hydrogen) atoms. The zero-order valence-corrected chi connectivity index (χ0v) is 21.9. The molecule has 0 bridgehead atoms. The molecule has 0 saturated carbocycles. The fourth-order valence-corrected chi connectivity index (χ4v) is 5.10. The Morgan fingerprint density at radius 3 is 2.64 bits per heavy atom. The smallest absolute Gasteiger partial charge is 0.249 e. The Kier molecular flexibility index (Phi) is 7.97. The molecule has 0 unspecified atom stereocenters. The van der Waals surface area contributed by atoms with E-state index in [0.29, 0.717) is 34.7 Å². The predicted octanol–water partition coefficient (Wildman–Crippen LogP) is 3.68. The van der Waals surface area contributed by atoms with E-state index in [1.807, 2.05) is 29.8 Å². The molecule has 190 valence electrons. The number of aliphatic hydroxyl groups excluding tert-OH is 1. The van der Waals surface area contributed by atoms with Crippen molar-refractivity contribution in [3.8, 4) is 21.8 Å². The SMILES string of the molecule is CCN(CC)[C@@H](C)Cc1c(C(N)=O)cc(-c2cnn3ccc(-c4cccs4)nc23)nc1NC[C@@H](C)O. The minimum absolute atomic E-state index is 0.171. The average Bonchev–Trinajstić information content (AvgIpc) is 3.53. The van der Waals surface area contributed by atoms with Crippen LogP contribution in [0.2, 0.25) is 0 Å². The number of rotatable bonds is 11. The highest BCUT2D eigenvalue weighted by atomic mass is 32.1. The largest absolute Gasteiger partial charge is 0.392 e. The van der Waals surface area contributed by atoms with Crippen molar-refractivity contribution in [3.05, 3.63) is 53.2 Å². The second-order valence-corrected chi connectivity index (χ2v) is 9.81. The molecule has 9 nitrogen and oxygen atoms in total. The van der Waals surface area contributed by atoms with Gasteiger partial charge in [-0.2, -0.15) is 5.10 Å². The first-order valence-electron chi connectivity index (χ1n) is 12.2. The van der Waals surface area contributed by atoms with Gasteiger partial charge in [0.25, 0.3) is 0 Å². The third-order valence-electron chi connectivity index (χ3n) is 6.31. The Morgan fingerprint density at radius 1 is 1.22 bits per heavy atom. The molecular formula is C26H33N7O2S. The zero-order valence-electron chi connectivity index (χ0n) is 21.1. The maximum Gasteiger partial charge on any atom is 0.249 e. The molecular weight excluding hydrogens is 474 g/mol. The molecule has 0 saturated heterocycles. The van der Waals surface area contributed by atoms with Crippen LogP contribution in [0, 0.1) is 0 Å². The Morgan fingerprint density at radius 2 is 2.00 bits per heavy atom. The van der Waals surface area contributed by atoms with Crippen LogP contribution < -0.4 is 11.1 Å². The van der Waals surface area contributed by atoms with Crippen molar-refractivity contribution in [1.82, 2.24) is 24.5 Å². The summed E-state index contributed by atoms with van der Waals surface area (Å²) in [7, 11) is 0. The number of fused-ring (bicyclic) bond motifs is 1. The summed E-state index contributed by atoms with van der Waals surface area (Å²) in [5, 5.41) is 19.6. The van der Waals surface area contributed by atoms with E-state index < -0.39 is 12.0 Å². The third kappa shape index (κ3) is 5.40. The predicted molar refractivity (Wildman–Crippen MR) is 144 cm³/mol. The van der Waals surface area contributed by atoms with Crippen LogP contribution >= 0.6 is 11.3 Å². The maximum absolute atomic E-state index is 12.7. The summed E-state index contributed by atoms with van der Waals surface area (Å²) in [5.74, 6) is 0.0131. The first-order chi connectivity index (χ1) is 17.3. The maximum atomic E-state index is 12.7. The summed E-state index contributed by atoms with van der Waals surface area (Å²) in [4.78, 5) is 25.8. The molecule has 4 aromatic heterocycles. The monoisotopic (exact) mass is 507 g/mol. The molecule has 0 aliphatic carbocycles. The first-order valence-corrected chi connectivity index (χ1v) is 13.1. The number of anilines is 1. The lowest BCUT2D eigenvalue weighted by molar-refractivity contribution is 0.0999. The summed E-state index contributed by atoms with van der Waals surface area (Å²) < 4.78 is 1.69. The highest BCUT2D eigenvalue weighted by molar-refractivity contribution is 7.13. The van der Waals surface area contributed by atoms with E-state index >= 15 is 0 Å². The second kappa shape index (κ2) is 11.2. The molecule has 1 amide bonds. The van der Waals surface area contributed by atoms with Crippen molar-refractivity contribution in [2.45, 2.75) is 46.3 Å². The standard InChI is InChI=1S/C26H33N7O2S/c1-5-32(6-2)16(3)12-19-18(24(27)35)13-22(30-25(19)28-14-17(4)34)20-15-29-33-10-9-21(31-26(20)33)23-8-7-11-36-23/h7-11,13,15-17,34H,5-6,12,14H2,1-4H3,(H2,27,35)(H,28,30)/t16-,17+/m0/s1. The minimum Gasteiger partial charge on any atom is -0.392 e. The van der Waals surface area contributed by atoms with Crippen LogP contribution in [-0.2, 0) is 6.42 Å². The van der Waals surface area contributed by atoms with Crippen molar-refractivity contribution < 1.29 is 9.90 Å². The average molecular weight is 508 g/mol. The molecule has 4 heterocycles. The second-order valence-electron chi connectivity index (χ2n) is 8.87.